The molecule has 222 valence electrons. The fourth-order valence-corrected chi connectivity index (χ4v) is 10.8. The van der Waals surface area contributed by atoms with E-state index in [0.717, 1.165) is 63.1 Å². The summed E-state index contributed by atoms with van der Waals surface area (Å²) in [6.45, 7) is 4.09. The molecule has 5 fully saturated rings. The van der Waals surface area contributed by atoms with Crippen molar-refractivity contribution in [2.75, 3.05) is 36.8 Å². The minimum atomic E-state index is -3.77. The number of anilines is 1. The Morgan fingerprint density at radius 3 is 2.33 bits per heavy atom. The Morgan fingerprint density at radius 1 is 0.976 bits per heavy atom. The standard InChI is InChI=1S/C30H36N6O4S2/c37-25-10-23(15-31-16-25)24-11-26(41-18-24)17-35-3-5-36(6-4-35)28-2-1-27(32-33-28)29(38)34-42(39,40)19-30-12-20-7-21(13-30)9-22(8-20)14-30/h1-2,10-11,15-16,18,20-22,37H,3-9,12-14,17,19H2,(H,34,38). The van der Waals surface area contributed by atoms with Gasteiger partial charge in [-0.3, -0.25) is 14.7 Å². The molecule has 1 aliphatic heterocycles. The van der Waals surface area contributed by atoms with Crippen LogP contribution in [0.15, 0.2) is 42.0 Å². The zero-order chi connectivity index (χ0) is 28.9. The first-order valence-electron chi connectivity index (χ1n) is 14.8. The van der Waals surface area contributed by atoms with Gasteiger partial charge in [0, 0.05) is 49.4 Å². The lowest BCUT2D eigenvalue weighted by Crippen LogP contribution is -2.51. The third kappa shape index (κ3) is 5.89. The van der Waals surface area contributed by atoms with E-state index in [1.807, 2.05) is 0 Å². The average molecular weight is 609 g/mol. The van der Waals surface area contributed by atoms with Gasteiger partial charge in [-0.2, -0.15) is 0 Å². The molecule has 0 atom stereocenters. The highest BCUT2D eigenvalue weighted by Crippen LogP contribution is 2.60. The van der Waals surface area contributed by atoms with Crippen molar-refractivity contribution < 1.29 is 18.3 Å². The van der Waals surface area contributed by atoms with Gasteiger partial charge < -0.3 is 10.0 Å². The third-order valence-corrected chi connectivity index (χ3v) is 12.0. The number of pyridine rings is 1. The second kappa shape index (κ2) is 10.9. The van der Waals surface area contributed by atoms with Crippen molar-refractivity contribution in [1.82, 2.24) is 24.8 Å². The Bertz CT molecular complexity index is 1530. The van der Waals surface area contributed by atoms with Crippen molar-refractivity contribution in [3.8, 4) is 16.9 Å². The molecule has 4 heterocycles. The van der Waals surface area contributed by atoms with Crippen LogP contribution in [-0.2, 0) is 16.6 Å². The monoisotopic (exact) mass is 608 g/mol. The smallest absolute Gasteiger partial charge is 0.285 e. The van der Waals surface area contributed by atoms with Gasteiger partial charge >= 0.3 is 0 Å². The number of hydrogen-bond donors (Lipinski definition) is 2. The number of amides is 1. The zero-order valence-electron chi connectivity index (χ0n) is 23.5. The van der Waals surface area contributed by atoms with Crippen molar-refractivity contribution in [1.29, 1.82) is 0 Å². The minimum Gasteiger partial charge on any atom is -0.506 e. The molecule has 4 saturated carbocycles. The molecule has 2 N–H and O–H groups in total. The molecule has 10 nitrogen and oxygen atoms in total. The van der Waals surface area contributed by atoms with Gasteiger partial charge in [0.2, 0.25) is 10.0 Å². The maximum atomic E-state index is 13.1. The fraction of sp³-hybridized carbons (Fsp3) is 0.533. The molecule has 8 rings (SSSR count). The second-order valence-electron chi connectivity index (χ2n) is 12.9. The van der Waals surface area contributed by atoms with Crippen LogP contribution in [0.2, 0.25) is 0 Å². The molecule has 4 aliphatic carbocycles. The van der Waals surface area contributed by atoms with Gasteiger partial charge in [-0.15, -0.1) is 21.5 Å². The van der Waals surface area contributed by atoms with E-state index in [1.165, 1.54) is 30.3 Å². The highest BCUT2D eigenvalue weighted by Gasteiger charge is 2.52. The Kier molecular flexibility index (Phi) is 7.18. The van der Waals surface area contributed by atoms with Crippen LogP contribution >= 0.6 is 11.3 Å². The summed E-state index contributed by atoms with van der Waals surface area (Å²) in [5, 5.41) is 20.1. The number of carbonyl (C=O) groups excluding carboxylic acids is 1. The number of sulfonamides is 1. The average Bonchev–Trinajstić information content (AvgIpc) is 3.40. The quantitative estimate of drug-likeness (QED) is 0.391. The fourth-order valence-electron chi connectivity index (χ4n) is 8.27. The molecule has 1 amide bonds. The van der Waals surface area contributed by atoms with Crippen LogP contribution in [0.4, 0.5) is 5.82 Å². The summed E-state index contributed by atoms with van der Waals surface area (Å²) in [4.78, 5) is 22.7. The summed E-state index contributed by atoms with van der Waals surface area (Å²) in [6.07, 6.45) is 9.84. The van der Waals surface area contributed by atoms with E-state index in [2.05, 4.69) is 41.1 Å². The number of nitrogens with zero attached hydrogens (tertiary/aromatic N) is 5. The van der Waals surface area contributed by atoms with E-state index >= 15 is 0 Å². The number of nitrogens with one attached hydrogen (secondary N) is 1. The van der Waals surface area contributed by atoms with Gasteiger partial charge in [-0.25, -0.2) is 13.1 Å². The van der Waals surface area contributed by atoms with Gasteiger partial charge in [-0.1, -0.05) is 0 Å². The molecule has 42 heavy (non-hydrogen) atoms. The lowest BCUT2D eigenvalue weighted by molar-refractivity contribution is -0.0391. The third-order valence-electron chi connectivity index (χ3n) is 9.58. The number of hydrogen-bond acceptors (Lipinski definition) is 10. The van der Waals surface area contributed by atoms with Gasteiger partial charge in [0.1, 0.15) is 5.75 Å². The van der Waals surface area contributed by atoms with Crippen molar-refractivity contribution in [3.63, 3.8) is 0 Å². The van der Waals surface area contributed by atoms with Crippen molar-refractivity contribution in [3.05, 3.63) is 52.6 Å². The Morgan fingerprint density at radius 2 is 1.69 bits per heavy atom. The van der Waals surface area contributed by atoms with E-state index in [0.29, 0.717) is 23.6 Å². The van der Waals surface area contributed by atoms with Crippen LogP contribution in [0.3, 0.4) is 0 Å². The van der Waals surface area contributed by atoms with E-state index in [9.17, 15) is 18.3 Å². The normalized spacial score (nSPS) is 27.3. The first kappa shape index (κ1) is 27.7. The summed E-state index contributed by atoms with van der Waals surface area (Å²) < 4.78 is 28.4. The molecule has 0 aromatic carbocycles. The first-order valence-corrected chi connectivity index (χ1v) is 17.3. The Labute approximate surface area is 250 Å². The number of thiophene rings is 1. The Balaban J connectivity index is 0.911. The van der Waals surface area contributed by atoms with E-state index in [1.54, 1.807) is 35.7 Å². The summed E-state index contributed by atoms with van der Waals surface area (Å²) in [7, 11) is -3.77. The SMILES string of the molecule is O=C(NS(=O)(=O)CC12CC3CC(CC(C3)C1)C2)c1ccc(N2CCN(Cc3cc(-c4cncc(O)c4)cs3)CC2)nn1. The van der Waals surface area contributed by atoms with Crippen LogP contribution in [0, 0.1) is 23.2 Å². The highest BCUT2D eigenvalue weighted by atomic mass is 32.2. The number of carbonyl (C=O) groups is 1. The molecule has 4 bridgehead atoms. The van der Waals surface area contributed by atoms with Gasteiger partial charge in [-0.05, 0) is 96.9 Å². The zero-order valence-corrected chi connectivity index (χ0v) is 25.1. The maximum Gasteiger partial charge on any atom is 0.285 e. The largest absolute Gasteiger partial charge is 0.506 e. The summed E-state index contributed by atoms with van der Waals surface area (Å²) >= 11 is 1.70. The summed E-state index contributed by atoms with van der Waals surface area (Å²) in [5.74, 6) is 2.12. The van der Waals surface area contributed by atoms with Gasteiger partial charge in [0.05, 0.1) is 11.9 Å². The molecule has 0 unspecified atom stereocenters. The van der Waals surface area contributed by atoms with Gasteiger partial charge in [0.15, 0.2) is 11.5 Å². The Hall–Kier alpha value is -3.09. The summed E-state index contributed by atoms with van der Waals surface area (Å²) in [5.41, 5.74) is 1.80. The van der Waals surface area contributed by atoms with E-state index < -0.39 is 15.9 Å². The highest BCUT2D eigenvalue weighted by molar-refractivity contribution is 7.90. The van der Waals surface area contributed by atoms with Crippen molar-refractivity contribution in [2.45, 2.75) is 45.1 Å². The molecule has 1 saturated heterocycles. The number of rotatable bonds is 8. The predicted molar refractivity (Wildman–Crippen MR) is 161 cm³/mol. The molecule has 5 aliphatic rings. The minimum absolute atomic E-state index is 0.0157. The van der Waals surface area contributed by atoms with Crippen LogP contribution in [0.25, 0.3) is 11.1 Å². The van der Waals surface area contributed by atoms with E-state index in [4.69, 9.17) is 0 Å². The van der Waals surface area contributed by atoms with Crippen LogP contribution in [0.5, 0.6) is 5.75 Å². The maximum absolute atomic E-state index is 13.1. The molecule has 0 spiro atoms. The predicted octanol–water partition coefficient (Wildman–Crippen LogP) is 3.90. The van der Waals surface area contributed by atoms with Crippen molar-refractivity contribution >= 4 is 33.1 Å². The van der Waals surface area contributed by atoms with Crippen LogP contribution < -0.4 is 9.62 Å². The molecule has 12 heteroatoms. The molecular formula is C30H36N6O4S2. The van der Waals surface area contributed by atoms with Gasteiger partial charge in [0.25, 0.3) is 5.91 Å². The number of piperazine rings is 1. The molecular weight excluding hydrogens is 573 g/mol. The molecule has 3 aromatic rings. The van der Waals surface area contributed by atoms with Crippen LogP contribution in [-0.4, -0.2) is 71.4 Å². The topological polar surface area (TPSA) is 129 Å². The lowest BCUT2D eigenvalue weighted by atomic mass is 9.50. The number of aromatic nitrogens is 3. The van der Waals surface area contributed by atoms with Crippen LogP contribution in [0.1, 0.15) is 53.9 Å². The van der Waals surface area contributed by atoms with E-state index in [-0.39, 0.29) is 22.6 Å². The lowest BCUT2D eigenvalue weighted by Gasteiger charge is -2.56. The number of aromatic hydroxyl groups is 1. The second-order valence-corrected chi connectivity index (χ2v) is 15.6. The molecule has 0 radical (unpaired) electrons. The molecule has 3 aromatic heterocycles. The summed E-state index contributed by atoms with van der Waals surface area (Å²) in [6, 6.07) is 7.17. The first-order chi connectivity index (χ1) is 20.2. The van der Waals surface area contributed by atoms with Crippen molar-refractivity contribution in [2.24, 2.45) is 23.2 Å².